The van der Waals surface area contributed by atoms with E-state index in [-0.39, 0.29) is 6.04 Å². The lowest BCUT2D eigenvalue weighted by atomic mass is 9.85. The van der Waals surface area contributed by atoms with E-state index in [9.17, 15) is 0 Å². The Hall–Kier alpha value is -3.17. The Kier molecular flexibility index (Phi) is 5.58. The lowest BCUT2D eigenvalue weighted by molar-refractivity contribution is 0.318. The number of benzene rings is 1. The number of nitrogens with zero attached hydrogens (tertiary/aromatic N) is 7. The van der Waals surface area contributed by atoms with E-state index in [4.69, 9.17) is 10.8 Å². The lowest BCUT2D eigenvalue weighted by Gasteiger charge is -2.23. The molecule has 1 fully saturated rings. The quantitative estimate of drug-likeness (QED) is 0.385. The van der Waals surface area contributed by atoms with Crippen molar-refractivity contribution >= 4 is 27.2 Å². The average Bonchev–Trinajstić information content (AvgIpc) is 3.56. The third-order valence-electron chi connectivity index (χ3n) is 6.85. The number of pyridine rings is 1. The first-order chi connectivity index (χ1) is 16.6. The van der Waals surface area contributed by atoms with E-state index in [2.05, 4.69) is 44.5 Å². The fraction of sp³-hybridized carbons (Fsp3) is 0.400. The molecule has 0 amide bonds. The van der Waals surface area contributed by atoms with Gasteiger partial charge in [0.1, 0.15) is 5.01 Å². The van der Waals surface area contributed by atoms with Crippen LogP contribution in [-0.2, 0) is 13.5 Å². The maximum atomic E-state index is 6.55. The number of aryl methyl sites for hydroxylation is 1. The molecule has 9 heteroatoms. The molecule has 0 aliphatic heterocycles. The minimum absolute atomic E-state index is 0.0275. The SMILES string of the molecule is Cn1cc(-c2cnc3ccc(Cc4nnc5sc([C@H](N)CC6CCCCC6)nn45)cc3c2)cn1. The van der Waals surface area contributed by atoms with E-state index in [1.807, 2.05) is 30.2 Å². The number of hydrogen-bond donors (Lipinski definition) is 1. The van der Waals surface area contributed by atoms with Gasteiger partial charge in [0.2, 0.25) is 4.96 Å². The van der Waals surface area contributed by atoms with Crippen LogP contribution in [0.4, 0.5) is 0 Å². The van der Waals surface area contributed by atoms with E-state index in [1.54, 1.807) is 16.0 Å². The van der Waals surface area contributed by atoms with Crippen LogP contribution < -0.4 is 5.73 Å². The Labute approximate surface area is 201 Å². The highest BCUT2D eigenvalue weighted by molar-refractivity contribution is 7.16. The number of aromatic nitrogens is 7. The van der Waals surface area contributed by atoms with Crippen LogP contribution in [-0.4, -0.2) is 34.6 Å². The predicted molar refractivity (Wildman–Crippen MR) is 134 cm³/mol. The highest BCUT2D eigenvalue weighted by Crippen LogP contribution is 2.32. The summed E-state index contributed by atoms with van der Waals surface area (Å²) in [5.41, 5.74) is 10.8. The van der Waals surface area contributed by atoms with Gasteiger partial charge >= 0.3 is 0 Å². The molecule has 1 saturated carbocycles. The van der Waals surface area contributed by atoms with Crippen molar-refractivity contribution in [2.45, 2.75) is 51.0 Å². The van der Waals surface area contributed by atoms with Gasteiger partial charge in [0, 0.05) is 42.4 Å². The molecule has 1 aliphatic carbocycles. The van der Waals surface area contributed by atoms with Crippen LogP contribution in [0.2, 0.25) is 0 Å². The van der Waals surface area contributed by atoms with Gasteiger partial charge in [-0.3, -0.25) is 9.67 Å². The summed E-state index contributed by atoms with van der Waals surface area (Å²) < 4.78 is 3.67. The zero-order valence-electron chi connectivity index (χ0n) is 19.3. The standard InChI is InChI=1S/C25H28N8S/c1-32-15-20(14-28-32)19-12-18-9-17(7-8-22(18)27-13-19)11-23-29-30-25-33(23)31-24(34-25)21(26)10-16-5-3-2-4-6-16/h7-9,12-16,21H,2-6,10-11,26H2,1H3/t21-/m1/s1. The van der Waals surface area contributed by atoms with Crippen LogP contribution in [0.15, 0.2) is 42.9 Å². The maximum Gasteiger partial charge on any atom is 0.234 e. The summed E-state index contributed by atoms with van der Waals surface area (Å²) >= 11 is 1.56. The van der Waals surface area contributed by atoms with Crippen LogP contribution in [0.1, 0.15) is 61.0 Å². The predicted octanol–water partition coefficient (Wildman–Crippen LogP) is 4.70. The number of nitrogens with two attached hydrogens (primary N) is 1. The molecule has 4 heterocycles. The molecule has 174 valence electrons. The molecular formula is C25H28N8S. The van der Waals surface area contributed by atoms with Crippen LogP contribution in [0.5, 0.6) is 0 Å². The molecule has 5 aromatic rings. The van der Waals surface area contributed by atoms with Gasteiger partial charge < -0.3 is 5.73 Å². The molecule has 0 bridgehead atoms. The van der Waals surface area contributed by atoms with Crippen molar-refractivity contribution in [2.75, 3.05) is 0 Å². The van der Waals surface area contributed by atoms with Gasteiger partial charge in [0.05, 0.1) is 17.8 Å². The monoisotopic (exact) mass is 472 g/mol. The summed E-state index contributed by atoms with van der Waals surface area (Å²) in [6.45, 7) is 0. The van der Waals surface area contributed by atoms with Gasteiger partial charge in [-0.15, -0.1) is 10.2 Å². The average molecular weight is 473 g/mol. The van der Waals surface area contributed by atoms with E-state index in [0.717, 1.165) is 55.7 Å². The largest absolute Gasteiger partial charge is 0.322 e. The van der Waals surface area contributed by atoms with Gasteiger partial charge in [0.15, 0.2) is 5.82 Å². The molecule has 4 aromatic heterocycles. The van der Waals surface area contributed by atoms with Crippen molar-refractivity contribution in [1.29, 1.82) is 0 Å². The zero-order chi connectivity index (χ0) is 23.1. The number of rotatable bonds is 6. The fourth-order valence-corrected chi connectivity index (χ4v) is 5.89. The van der Waals surface area contributed by atoms with E-state index in [1.165, 1.54) is 32.1 Å². The summed E-state index contributed by atoms with van der Waals surface area (Å²) in [5, 5.41) is 19.9. The molecule has 6 rings (SSSR count). The molecule has 0 saturated heterocycles. The fourth-order valence-electron chi connectivity index (χ4n) is 5.02. The van der Waals surface area contributed by atoms with Crippen LogP contribution >= 0.6 is 11.3 Å². The minimum Gasteiger partial charge on any atom is -0.322 e. The Morgan fingerprint density at radius 2 is 1.97 bits per heavy atom. The summed E-state index contributed by atoms with van der Waals surface area (Å²) in [6.07, 6.45) is 14.0. The van der Waals surface area contributed by atoms with Crippen molar-refractivity contribution in [1.82, 2.24) is 34.6 Å². The number of hydrogen-bond acceptors (Lipinski definition) is 7. The zero-order valence-corrected chi connectivity index (χ0v) is 20.1. The summed E-state index contributed by atoms with van der Waals surface area (Å²) in [6, 6.07) is 8.46. The summed E-state index contributed by atoms with van der Waals surface area (Å²) in [7, 11) is 1.92. The highest BCUT2D eigenvalue weighted by Gasteiger charge is 2.22. The van der Waals surface area contributed by atoms with Gasteiger partial charge in [-0.2, -0.15) is 14.7 Å². The number of fused-ring (bicyclic) bond motifs is 2. The molecule has 1 atom stereocenters. The molecule has 2 N–H and O–H groups in total. The molecule has 0 radical (unpaired) electrons. The van der Waals surface area contributed by atoms with Gasteiger partial charge in [0.25, 0.3) is 0 Å². The van der Waals surface area contributed by atoms with Gasteiger partial charge in [-0.1, -0.05) is 49.5 Å². The van der Waals surface area contributed by atoms with E-state index >= 15 is 0 Å². The Bertz CT molecular complexity index is 1440. The molecule has 0 spiro atoms. The molecule has 0 unspecified atom stereocenters. The molecule has 8 nitrogen and oxygen atoms in total. The first-order valence-corrected chi connectivity index (χ1v) is 12.8. The van der Waals surface area contributed by atoms with Crippen LogP contribution in [0, 0.1) is 5.92 Å². The smallest absolute Gasteiger partial charge is 0.234 e. The summed E-state index contributed by atoms with van der Waals surface area (Å²) in [4.78, 5) is 5.44. The molecular weight excluding hydrogens is 444 g/mol. The second-order valence-corrected chi connectivity index (χ2v) is 10.4. The molecule has 34 heavy (non-hydrogen) atoms. The molecule has 1 aliphatic rings. The second kappa shape index (κ2) is 8.88. The first-order valence-electron chi connectivity index (χ1n) is 12.0. The first kappa shape index (κ1) is 21.4. The normalized spacial score (nSPS) is 15.9. The topological polar surface area (TPSA) is 99.8 Å². The third kappa shape index (κ3) is 4.21. The van der Waals surface area contributed by atoms with Crippen molar-refractivity contribution in [3.63, 3.8) is 0 Å². The maximum absolute atomic E-state index is 6.55. The van der Waals surface area contributed by atoms with Gasteiger partial charge in [-0.25, -0.2) is 0 Å². The Morgan fingerprint density at radius 1 is 1.09 bits per heavy atom. The highest BCUT2D eigenvalue weighted by atomic mass is 32.1. The third-order valence-corrected chi connectivity index (χ3v) is 7.88. The van der Waals surface area contributed by atoms with Crippen molar-refractivity contribution in [2.24, 2.45) is 18.7 Å². The summed E-state index contributed by atoms with van der Waals surface area (Å²) in [5.74, 6) is 1.55. The minimum atomic E-state index is -0.0275. The molecule has 1 aromatic carbocycles. The van der Waals surface area contributed by atoms with Crippen molar-refractivity contribution < 1.29 is 0 Å². The Morgan fingerprint density at radius 3 is 2.79 bits per heavy atom. The lowest BCUT2D eigenvalue weighted by Crippen LogP contribution is -2.17. The second-order valence-electron chi connectivity index (χ2n) is 9.43. The van der Waals surface area contributed by atoms with E-state index < -0.39 is 0 Å². The van der Waals surface area contributed by atoms with Crippen LogP contribution in [0.3, 0.4) is 0 Å². The van der Waals surface area contributed by atoms with Crippen molar-refractivity contribution in [3.05, 3.63) is 59.3 Å². The van der Waals surface area contributed by atoms with Crippen LogP contribution in [0.25, 0.3) is 27.0 Å². The van der Waals surface area contributed by atoms with Crippen molar-refractivity contribution in [3.8, 4) is 11.1 Å². The van der Waals surface area contributed by atoms with Gasteiger partial charge in [-0.05, 0) is 36.1 Å². The Balaban J connectivity index is 1.24. The van der Waals surface area contributed by atoms with E-state index in [0.29, 0.717) is 6.42 Å².